The Morgan fingerprint density at radius 2 is 2.23 bits per heavy atom. The molecule has 72 valence electrons. The fourth-order valence-electron chi connectivity index (χ4n) is 2.42. The molecule has 1 heterocycles. The molecule has 0 aromatic carbocycles. The van der Waals surface area contributed by atoms with Crippen LogP contribution >= 0.6 is 0 Å². The second kappa shape index (κ2) is 3.05. The van der Waals surface area contributed by atoms with Gasteiger partial charge < -0.3 is 5.32 Å². The number of aromatic amines is 1. The molecule has 0 aliphatic heterocycles. The first-order valence-corrected chi connectivity index (χ1v) is 4.97. The summed E-state index contributed by atoms with van der Waals surface area (Å²) in [5.74, 6) is 2.46. The molecule has 0 radical (unpaired) electrons. The van der Waals surface area contributed by atoms with Crippen molar-refractivity contribution in [2.45, 2.75) is 32.6 Å². The summed E-state index contributed by atoms with van der Waals surface area (Å²) in [6.07, 6.45) is 2.43. The molecule has 0 saturated carbocycles. The smallest absolute Gasteiger partial charge is 0.151 e. The number of aromatic nitrogens is 2. The summed E-state index contributed by atoms with van der Waals surface area (Å²) in [4.78, 5) is 0. The van der Waals surface area contributed by atoms with Crippen molar-refractivity contribution in [2.24, 2.45) is 5.92 Å². The molecule has 13 heavy (non-hydrogen) atoms. The van der Waals surface area contributed by atoms with Crippen LogP contribution in [0.1, 0.15) is 37.4 Å². The van der Waals surface area contributed by atoms with Crippen LogP contribution in [0.2, 0.25) is 0 Å². The lowest BCUT2D eigenvalue weighted by Crippen LogP contribution is -2.14. The van der Waals surface area contributed by atoms with E-state index in [2.05, 4.69) is 29.4 Å². The summed E-state index contributed by atoms with van der Waals surface area (Å²) >= 11 is 0. The highest BCUT2D eigenvalue weighted by atomic mass is 15.2. The van der Waals surface area contributed by atoms with E-state index in [1.807, 2.05) is 7.05 Å². The van der Waals surface area contributed by atoms with Crippen LogP contribution in [0.15, 0.2) is 0 Å². The van der Waals surface area contributed by atoms with Crippen molar-refractivity contribution in [3.05, 3.63) is 11.3 Å². The van der Waals surface area contributed by atoms with Gasteiger partial charge in [0.1, 0.15) is 0 Å². The SMILES string of the molecule is CNc1n[nH]c2c1C(C)CC(C)C2. The van der Waals surface area contributed by atoms with Gasteiger partial charge in [-0.15, -0.1) is 0 Å². The van der Waals surface area contributed by atoms with E-state index < -0.39 is 0 Å². The maximum absolute atomic E-state index is 4.27. The first-order valence-electron chi connectivity index (χ1n) is 4.97. The minimum absolute atomic E-state index is 0.639. The summed E-state index contributed by atoms with van der Waals surface area (Å²) in [6, 6.07) is 0. The molecule has 0 bridgehead atoms. The van der Waals surface area contributed by atoms with Crippen molar-refractivity contribution in [1.29, 1.82) is 0 Å². The van der Waals surface area contributed by atoms with Gasteiger partial charge in [-0.05, 0) is 24.7 Å². The topological polar surface area (TPSA) is 40.7 Å². The summed E-state index contributed by atoms with van der Waals surface area (Å²) in [5.41, 5.74) is 2.73. The number of fused-ring (bicyclic) bond motifs is 1. The van der Waals surface area contributed by atoms with Crippen LogP contribution in [-0.2, 0) is 6.42 Å². The van der Waals surface area contributed by atoms with Crippen LogP contribution in [0.4, 0.5) is 5.82 Å². The molecule has 1 aliphatic rings. The van der Waals surface area contributed by atoms with Crippen molar-refractivity contribution in [2.75, 3.05) is 12.4 Å². The predicted octanol–water partition coefficient (Wildman–Crippen LogP) is 2.14. The largest absolute Gasteiger partial charge is 0.371 e. The molecule has 1 aromatic rings. The van der Waals surface area contributed by atoms with Gasteiger partial charge in [0.25, 0.3) is 0 Å². The molecule has 0 saturated heterocycles. The van der Waals surface area contributed by atoms with Gasteiger partial charge in [-0.2, -0.15) is 5.10 Å². The number of hydrogen-bond donors (Lipinski definition) is 2. The molecule has 3 heteroatoms. The zero-order valence-electron chi connectivity index (χ0n) is 8.52. The Kier molecular flexibility index (Phi) is 2.02. The fraction of sp³-hybridized carbons (Fsp3) is 0.700. The van der Waals surface area contributed by atoms with Crippen molar-refractivity contribution >= 4 is 5.82 Å². The average molecular weight is 179 g/mol. The third-order valence-corrected chi connectivity index (χ3v) is 2.92. The van der Waals surface area contributed by atoms with E-state index in [0.717, 1.165) is 18.2 Å². The van der Waals surface area contributed by atoms with Gasteiger partial charge in [0, 0.05) is 18.3 Å². The molecule has 1 aromatic heterocycles. The monoisotopic (exact) mass is 179 g/mol. The van der Waals surface area contributed by atoms with E-state index in [4.69, 9.17) is 0 Å². The number of anilines is 1. The fourth-order valence-corrected chi connectivity index (χ4v) is 2.42. The standard InChI is InChI=1S/C10H17N3/c1-6-4-7(2)9-8(5-6)12-13-10(9)11-3/h6-7H,4-5H2,1-3H3,(H2,11,12,13). The summed E-state index contributed by atoms with van der Waals surface area (Å²) in [6.45, 7) is 4.59. The molecule has 2 N–H and O–H groups in total. The zero-order chi connectivity index (χ0) is 9.42. The lowest BCUT2D eigenvalue weighted by Gasteiger charge is -2.24. The van der Waals surface area contributed by atoms with Gasteiger partial charge in [-0.1, -0.05) is 13.8 Å². The van der Waals surface area contributed by atoms with Crippen molar-refractivity contribution in [1.82, 2.24) is 10.2 Å². The molecular formula is C10H17N3. The average Bonchev–Trinajstić information content (AvgIpc) is 2.47. The van der Waals surface area contributed by atoms with E-state index >= 15 is 0 Å². The minimum Gasteiger partial charge on any atom is -0.371 e. The second-order valence-corrected chi connectivity index (χ2v) is 4.16. The molecule has 2 atom stereocenters. The quantitative estimate of drug-likeness (QED) is 0.693. The summed E-state index contributed by atoms with van der Waals surface area (Å²) in [5, 5.41) is 10.5. The highest BCUT2D eigenvalue weighted by molar-refractivity contribution is 5.49. The Morgan fingerprint density at radius 1 is 1.46 bits per heavy atom. The first kappa shape index (κ1) is 8.60. The maximum atomic E-state index is 4.27. The Labute approximate surface area is 78.9 Å². The van der Waals surface area contributed by atoms with Gasteiger partial charge in [-0.25, -0.2) is 0 Å². The van der Waals surface area contributed by atoms with Gasteiger partial charge in [-0.3, -0.25) is 5.10 Å². The molecule has 1 aliphatic carbocycles. The highest BCUT2D eigenvalue weighted by Gasteiger charge is 2.26. The normalized spacial score (nSPS) is 27.0. The molecule has 0 fully saturated rings. The van der Waals surface area contributed by atoms with Gasteiger partial charge >= 0.3 is 0 Å². The molecule has 2 rings (SSSR count). The predicted molar refractivity (Wildman–Crippen MR) is 54.0 cm³/mol. The first-order chi connectivity index (χ1) is 6.22. The van der Waals surface area contributed by atoms with E-state index in [9.17, 15) is 0 Å². The third-order valence-electron chi connectivity index (χ3n) is 2.92. The lowest BCUT2D eigenvalue weighted by molar-refractivity contribution is 0.446. The number of H-pyrrole nitrogens is 1. The number of rotatable bonds is 1. The van der Waals surface area contributed by atoms with Crippen molar-refractivity contribution in [3.8, 4) is 0 Å². The van der Waals surface area contributed by atoms with Crippen LogP contribution in [0.5, 0.6) is 0 Å². The van der Waals surface area contributed by atoms with E-state index in [1.165, 1.54) is 17.7 Å². The summed E-state index contributed by atoms with van der Waals surface area (Å²) < 4.78 is 0. The Bertz CT molecular complexity index is 303. The van der Waals surface area contributed by atoms with Crippen molar-refractivity contribution < 1.29 is 0 Å². The van der Waals surface area contributed by atoms with Crippen molar-refractivity contribution in [3.63, 3.8) is 0 Å². The molecule has 0 amide bonds. The molecule has 0 spiro atoms. The van der Waals surface area contributed by atoms with Gasteiger partial charge in [0.15, 0.2) is 5.82 Å². The highest BCUT2D eigenvalue weighted by Crippen LogP contribution is 2.37. The Hall–Kier alpha value is -0.990. The second-order valence-electron chi connectivity index (χ2n) is 4.16. The van der Waals surface area contributed by atoms with E-state index in [1.54, 1.807) is 0 Å². The van der Waals surface area contributed by atoms with Crippen LogP contribution < -0.4 is 5.32 Å². The zero-order valence-corrected chi connectivity index (χ0v) is 8.52. The van der Waals surface area contributed by atoms with E-state index in [-0.39, 0.29) is 0 Å². The van der Waals surface area contributed by atoms with E-state index in [0.29, 0.717) is 5.92 Å². The number of nitrogens with one attached hydrogen (secondary N) is 2. The van der Waals surface area contributed by atoms with Gasteiger partial charge in [0.2, 0.25) is 0 Å². The van der Waals surface area contributed by atoms with Crippen LogP contribution in [0, 0.1) is 5.92 Å². The molecular weight excluding hydrogens is 162 g/mol. The van der Waals surface area contributed by atoms with Gasteiger partial charge in [0.05, 0.1) is 0 Å². The van der Waals surface area contributed by atoms with Crippen LogP contribution in [0.25, 0.3) is 0 Å². The number of nitrogens with zero attached hydrogens (tertiary/aromatic N) is 1. The minimum atomic E-state index is 0.639. The third kappa shape index (κ3) is 1.32. The number of hydrogen-bond acceptors (Lipinski definition) is 2. The molecule has 3 nitrogen and oxygen atoms in total. The molecule has 2 unspecified atom stereocenters. The van der Waals surface area contributed by atoms with Crippen LogP contribution in [-0.4, -0.2) is 17.2 Å². The lowest BCUT2D eigenvalue weighted by atomic mass is 9.82. The maximum Gasteiger partial charge on any atom is 0.151 e. The Balaban J connectivity index is 2.40. The Morgan fingerprint density at radius 3 is 2.92 bits per heavy atom. The summed E-state index contributed by atoms with van der Waals surface area (Å²) in [7, 11) is 1.93. The van der Waals surface area contributed by atoms with Crippen LogP contribution in [0.3, 0.4) is 0 Å².